The molecule has 0 saturated heterocycles. The SMILES string of the molecule is COc1ccccc1C1=N/C(=C/c2ccc([C@H]3C[C@H]3C)o2)C(=O)O1. The maximum atomic E-state index is 12.1. The van der Waals surface area contributed by atoms with Gasteiger partial charge in [0.1, 0.15) is 17.3 Å². The van der Waals surface area contributed by atoms with Crippen LogP contribution in [0.25, 0.3) is 6.08 Å². The van der Waals surface area contributed by atoms with Gasteiger partial charge in [-0.2, -0.15) is 0 Å². The molecule has 1 fully saturated rings. The van der Waals surface area contributed by atoms with Crippen LogP contribution in [0.2, 0.25) is 0 Å². The number of furan rings is 1. The first-order valence-electron chi connectivity index (χ1n) is 7.91. The normalized spacial score (nSPS) is 24.0. The molecule has 0 radical (unpaired) electrons. The van der Waals surface area contributed by atoms with Crippen LogP contribution in [0.5, 0.6) is 5.75 Å². The van der Waals surface area contributed by atoms with Crippen LogP contribution in [-0.4, -0.2) is 19.0 Å². The van der Waals surface area contributed by atoms with Gasteiger partial charge in [-0.25, -0.2) is 9.79 Å². The van der Waals surface area contributed by atoms with E-state index in [1.54, 1.807) is 25.3 Å². The van der Waals surface area contributed by atoms with Gasteiger partial charge in [-0.05, 0) is 36.6 Å². The molecule has 2 aliphatic rings. The number of ether oxygens (including phenoxy) is 2. The molecule has 24 heavy (non-hydrogen) atoms. The fourth-order valence-electron chi connectivity index (χ4n) is 2.84. The summed E-state index contributed by atoms with van der Waals surface area (Å²) in [6.45, 7) is 2.20. The number of hydrogen-bond donors (Lipinski definition) is 0. The van der Waals surface area contributed by atoms with Crippen molar-refractivity contribution in [3.8, 4) is 5.75 Å². The van der Waals surface area contributed by atoms with Crippen LogP contribution in [0.1, 0.15) is 36.3 Å². The van der Waals surface area contributed by atoms with E-state index >= 15 is 0 Å². The van der Waals surface area contributed by atoms with E-state index in [0.717, 1.165) is 12.2 Å². The number of methoxy groups -OCH3 is 1. The minimum absolute atomic E-state index is 0.223. The summed E-state index contributed by atoms with van der Waals surface area (Å²) in [5.74, 6) is 3.10. The molecule has 4 rings (SSSR count). The number of hydrogen-bond acceptors (Lipinski definition) is 5. The monoisotopic (exact) mass is 323 g/mol. The van der Waals surface area contributed by atoms with E-state index in [1.165, 1.54) is 0 Å². The summed E-state index contributed by atoms with van der Waals surface area (Å²) in [6, 6.07) is 11.1. The Kier molecular flexibility index (Phi) is 3.49. The number of carbonyl (C=O) groups is 1. The van der Waals surface area contributed by atoms with Gasteiger partial charge >= 0.3 is 5.97 Å². The highest BCUT2D eigenvalue weighted by molar-refractivity contribution is 6.13. The molecule has 0 N–H and O–H groups in total. The van der Waals surface area contributed by atoms with Crippen molar-refractivity contribution >= 4 is 17.9 Å². The molecule has 1 aliphatic heterocycles. The average molecular weight is 323 g/mol. The summed E-state index contributed by atoms with van der Waals surface area (Å²) in [4.78, 5) is 16.4. The van der Waals surface area contributed by atoms with Gasteiger partial charge in [0.25, 0.3) is 0 Å². The minimum Gasteiger partial charge on any atom is -0.496 e. The van der Waals surface area contributed by atoms with Crippen molar-refractivity contribution in [1.29, 1.82) is 0 Å². The number of para-hydroxylation sites is 1. The maximum Gasteiger partial charge on any atom is 0.363 e. The zero-order valence-corrected chi connectivity index (χ0v) is 13.5. The van der Waals surface area contributed by atoms with Gasteiger partial charge in [-0.15, -0.1) is 0 Å². The van der Waals surface area contributed by atoms with E-state index in [-0.39, 0.29) is 11.6 Å². The van der Waals surface area contributed by atoms with E-state index in [1.807, 2.05) is 24.3 Å². The van der Waals surface area contributed by atoms with Gasteiger partial charge < -0.3 is 13.9 Å². The molecular weight excluding hydrogens is 306 g/mol. The molecule has 0 amide bonds. The molecule has 0 spiro atoms. The van der Waals surface area contributed by atoms with Crippen LogP contribution in [0.4, 0.5) is 0 Å². The number of aliphatic imine (C=N–C) groups is 1. The number of carbonyl (C=O) groups excluding carboxylic acids is 1. The zero-order chi connectivity index (χ0) is 16.7. The van der Waals surface area contributed by atoms with Crippen LogP contribution in [0.15, 0.2) is 51.5 Å². The molecule has 1 aliphatic carbocycles. The Morgan fingerprint density at radius 1 is 1.25 bits per heavy atom. The zero-order valence-electron chi connectivity index (χ0n) is 13.5. The molecule has 5 nitrogen and oxygen atoms in total. The topological polar surface area (TPSA) is 61.0 Å². The number of benzene rings is 1. The predicted octanol–water partition coefficient (Wildman–Crippen LogP) is 3.76. The third kappa shape index (κ3) is 2.62. The van der Waals surface area contributed by atoms with Crippen molar-refractivity contribution in [1.82, 2.24) is 0 Å². The third-order valence-electron chi connectivity index (χ3n) is 4.36. The van der Waals surface area contributed by atoms with Crippen LogP contribution >= 0.6 is 0 Å². The van der Waals surface area contributed by atoms with Crippen LogP contribution in [0, 0.1) is 5.92 Å². The number of rotatable bonds is 4. The van der Waals surface area contributed by atoms with Gasteiger partial charge in [0, 0.05) is 12.0 Å². The highest BCUT2D eigenvalue weighted by Crippen LogP contribution is 2.47. The lowest BCUT2D eigenvalue weighted by Crippen LogP contribution is -2.06. The summed E-state index contributed by atoms with van der Waals surface area (Å²) in [5.41, 5.74) is 0.865. The van der Waals surface area contributed by atoms with E-state index < -0.39 is 5.97 Å². The number of nitrogens with zero attached hydrogens (tertiary/aromatic N) is 1. The summed E-state index contributed by atoms with van der Waals surface area (Å²) in [7, 11) is 1.57. The Bertz CT molecular complexity index is 862. The summed E-state index contributed by atoms with van der Waals surface area (Å²) >= 11 is 0. The second kappa shape index (κ2) is 5.67. The van der Waals surface area contributed by atoms with Gasteiger partial charge in [0.2, 0.25) is 5.90 Å². The van der Waals surface area contributed by atoms with Crippen molar-refractivity contribution in [3.63, 3.8) is 0 Å². The lowest BCUT2D eigenvalue weighted by atomic mass is 10.2. The van der Waals surface area contributed by atoms with Crippen LogP contribution < -0.4 is 4.74 Å². The Hall–Kier alpha value is -2.82. The first-order valence-corrected chi connectivity index (χ1v) is 7.91. The molecule has 2 aromatic rings. The van der Waals surface area contributed by atoms with Gasteiger partial charge in [0.05, 0.1) is 12.7 Å². The molecule has 2 atom stereocenters. The molecule has 122 valence electrons. The third-order valence-corrected chi connectivity index (χ3v) is 4.36. The second-order valence-corrected chi connectivity index (χ2v) is 6.10. The Balaban J connectivity index is 1.62. The van der Waals surface area contributed by atoms with E-state index in [4.69, 9.17) is 13.9 Å². The molecule has 0 bridgehead atoms. The fourth-order valence-corrected chi connectivity index (χ4v) is 2.84. The molecular formula is C19H17NO4. The molecule has 1 saturated carbocycles. The average Bonchev–Trinajstić information content (AvgIpc) is 2.98. The lowest BCUT2D eigenvalue weighted by Gasteiger charge is -2.05. The first kappa shape index (κ1) is 14.8. The summed E-state index contributed by atoms with van der Waals surface area (Å²) in [5, 5.41) is 0. The van der Waals surface area contributed by atoms with Gasteiger partial charge in [-0.3, -0.25) is 0 Å². The van der Waals surface area contributed by atoms with Crippen molar-refractivity contribution in [2.24, 2.45) is 10.9 Å². The highest BCUT2D eigenvalue weighted by atomic mass is 16.6. The van der Waals surface area contributed by atoms with Crippen LogP contribution in [-0.2, 0) is 9.53 Å². The largest absolute Gasteiger partial charge is 0.496 e. The quantitative estimate of drug-likeness (QED) is 0.635. The number of cyclic esters (lactones) is 1. The van der Waals surface area contributed by atoms with Crippen molar-refractivity contribution in [2.75, 3.05) is 7.11 Å². The number of esters is 1. The van der Waals surface area contributed by atoms with Crippen LogP contribution in [0.3, 0.4) is 0 Å². The molecule has 1 aromatic carbocycles. The standard InChI is InChI=1S/C19H17NO4/c1-11-9-14(11)17-8-7-12(23-17)10-15-19(21)24-18(20-15)13-5-3-4-6-16(13)22-2/h3-8,10-11,14H,9H2,1-2H3/b15-10+/t11-,14+/m1/s1. The van der Waals surface area contributed by atoms with Gasteiger partial charge in [0.15, 0.2) is 5.70 Å². The molecule has 2 heterocycles. The van der Waals surface area contributed by atoms with Crippen molar-refractivity contribution in [2.45, 2.75) is 19.3 Å². The lowest BCUT2D eigenvalue weighted by molar-refractivity contribution is -0.129. The Morgan fingerprint density at radius 2 is 2.04 bits per heavy atom. The van der Waals surface area contributed by atoms with E-state index in [0.29, 0.717) is 28.9 Å². The summed E-state index contributed by atoms with van der Waals surface area (Å²) in [6.07, 6.45) is 2.77. The van der Waals surface area contributed by atoms with Crippen molar-refractivity contribution < 1.29 is 18.7 Å². The Morgan fingerprint density at radius 3 is 2.79 bits per heavy atom. The van der Waals surface area contributed by atoms with E-state index in [2.05, 4.69) is 11.9 Å². The molecule has 0 unspecified atom stereocenters. The van der Waals surface area contributed by atoms with Gasteiger partial charge in [-0.1, -0.05) is 19.1 Å². The Labute approximate surface area is 139 Å². The predicted molar refractivity (Wildman–Crippen MR) is 88.8 cm³/mol. The first-order chi connectivity index (χ1) is 11.7. The summed E-state index contributed by atoms with van der Waals surface area (Å²) < 4.78 is 16.4. The maximum absolute atomic E-state index is 12.1. The van der Waals surface area contributed by atoms with E-state index in [9.17, 15) is 4.79 Å². The fraction of sp³-hybridized carbons (Fsp3) is 0.263. The van der Waals surface area contributed by atoms with Crippen molar-refractivity contribution in [3.05, 3.63) is 59.2 Å². The highest BCUT2D eigenvalue weighted by Gasteiger charge is 2.36. The minimum atomic E-state index is -0.492. The molecule has 5 heteroatoms. The smallest absolute Gasteiger partial charge is 0.363 e. The molecule has 1 aromatic heterocycles. The second-order valence-electron chi connectivity index (χ2n) is 6.10.